The van der Waals surface area contributed by atoms with E-state index in [1.807, 2.05) is 19.1 Å². The van der Waals surface area contributed by atoms with Gasteiger partial charge in [0.05, 0.1) is 24.9 Å². The van der Waals surface area contributed by atoms with Gasteiger partial charge in [0.1, 0.15) is 18.0 Å². The van der Waals surface area contributed by atoms with E-state index in [0.717, 1.165) is 24.3 Å². The Kier molecular flexibility index (Phi) is 5.71. The van der Waals surface area contributed by atoms with Gasteiger partial charge in [-0.15, -0.1) is 0 Å². The Morgan fingerprint density at radius 1 is 1.21 bits per heavy atom. The molecule has 1 aromatic rings. The van der Waals surface area contributed by atoms with E-state index in [1.165, 1.54) is 6.42 Å². The number of hydrogen-bond acceptors (Lipinski definition) is 5. The zero-order chi connectivity index (χ0) is 20.6. The predicted octanol–water partition coefficient (Wildman–Crippen LogP) is 2.82. The van der Waals surface area contributed by atoms with Crippen molar-refractivity contribution < 1.29 is 19.0 Å². The summed E-state index contributed by atoms with van der Waals surface area (Å²) in [4.78, 5) is 16.9. The zero-order valence-corrected chi connectivity index (χ0v) is 17.8. The summed E-state index contributed by atoms with van der Waals surface area (Å²) in [6.45, 7) is 9.61. The quantitative estimate of drug-likeness (QED) is 0.808. The van der Waals surface area contributed by atoms with Crippen molar-refractivity contribution in [2.75, 3.05) is 13.2 Å². The Hall–Kier alpha value is -1.86. The van der Waals surface area contributed by atoms with E-state index in [1.54, 1.807) is 6.20 Å². The molecule has 4 rings (SSSR count). The molecule has 6 atom stereocenters. The van der Waals surface area contributed by atoms with E-state index in [9.17, 15) is 4.79 Å². The van der Waals surface area contributed by atoms with Crippen molar-refractivity contribution in [2.45, 2.75) is 77.4 Å². The maximum absolute atomic E-state index is 12.6. The van der Waals surface area contributed by atoms with E-state index in [2.05, 4.69) is 36.4 Å². The van der Waals surface area contributed by atoms with Crippen molar-refractivity contribution in [3.05, 3.63) is 24.0 Å². The second-order valence-electron chi connectivity index (χ2n) is 9.67. The highest BCUT2D eigenvalue weighted by molar-refractivity contribution is 5.74. The number of carbonyl (C=O) groups is 1. The number of pyridine rings is 1. The van der Waals surface area contributed by atoms with Gasteiger partial charge in [0.25, 0.3) is 0 Å². The lowest BCUT2D eigenvalue weighted by atomic mass is 9.70. The summed E-state index contributed by atoms with van der Waals surface area (Å²) < 4.78 is 18.0. The summed E-state index contributed by atoms with van der Waals surface area (Å²) in [7, 11) is 0. The van der Waals surface area contributed by atoms with Crippen LogP contribution in [0.5, 0.6) is 5.75 Å². The molecule has 1 aliphatic carbocycles. The predicted molar refractivity (Wildman–Crippen MR) is 109 cm³/mol. The van der Waals surface area contributed by atoms with Gasteiger partial charge >= 0.3 is 6.03 Å². The highest BCUT2D eigenvalue weighted by Crippen LogP contribution is 2.38. The van der Waals surface area contributed by atoms with Crippen molar-refractivity contribution in [3.8, 4) is 5.75 Å². The summed E-state index contributed by atoms with van der Waals surface area (Å²) in [6.07, 6.45) is 4.42. The highest BCUT2D eigenvalue weighted by Gasteiger charge is 2.49. The van der Waals surface area contributed by atoms with Crippen molar-refractivity contribution in [1.82, 2.24) is 15.6 Å². The fourth-order valence-electron chi connectivity index (χ4n) is 5.30. The third-order valence-electron chi connectivity index (χ3n) is 6.28. The summed E-state index contributed by atoms with van der Waals surface area (Å²) >= 11 is 0. The molecule has 0 spiro atoms. The minimum Gasteiger partial charge on any atom is -0.483 e. The second-order valence-corrected chi connectivity index (χ2v) is 9.67. The molecule has 1 saturated carbocycles. The van der Waals surface area contributed by atoms with Crippen LogP contribution < -0.4 is 15.4 Å². The molecule has 0 bridgehead atoms. The van der Waals surface area contributed by atoms with Gasteiger partial charge in [-0.2, -0.15) is 0 Å². The highest BCUT2D eigenvalue weighted by atomic mass is 16.6. The monoisotopic (exact) mass is 403 g/mol. The molecule has 7 nitrogen and oxygen atoms in total. The summed E-state index contributed by atoms with van der Waals surface area (Å²) in [5.41, 5.74) is 1.11. The first-order valence-electron chi connectivity index (χ1n) is 10.7. The van der Waals surface area contributed by atoms with Crippen LogP contribution in [0.15, 0.2) is 18.3 Å². The number of amides is 2. The SMILES string of the molecule is Cc1ncccc1O[C@H]1CO[C@H]2[C@@H]1OC[C@@H]2NC(=O)NC1CC(C)CC(C)(C)C1. The average Bonchev–Trinajstić information content (AvgIpc) is 3.19. The molecule has 29 heavy (non-hydrogen) atoms. The van der Waals surface area contributed by atoms with E-state index < -0.39 is 0 Å². The average molecular weight is 404 g/mol. The van der Waals surface area contributed by atoms with Crippen molar-refractivity contribution in [1.29, 1.82) is 0 Å². The van der Waals surface area contributed by atoms with Crippen LogP contribution in [0, 0.1) is 18.3 Å². The van der Waals surface area contributed by atoms with Crippen molar-refractivity contribution >= 4 is 6.03 Å². The molecular weight excluding hydrogens is 370 g/mol. The number of aryl methyl sites for hydroxylation is 1. The number of fused-ring (bicyclic) bond motifs is 1. The van der Waals surface area contributed by atoms with E-state index in [0.29, 0.717) is 19.1 Å². The van der Waals surface area contributed by atoms with Crippen LogP contribution in [0.1, 0.15) is 45.7 Å². The molecule has 2 saturated heterocycles. The number of rotatable bonds is 4. The maximum Gasteiger partial charge on any atom is 0.315 e. The zero-order valence-electron chi connectivity index (χ0n) is 17.8. The first-order chi connectivity index (χ1) is 13.8. The molecule has 2 N–H and O–H groups in total. The number of ether oxygens (including phenoxy) is 3. The van der Waals surface area contributed by atoms with Gasteiger partial charge in [0, 0.05) is 12.2 Å². The molecule has 0 radical (unpaired) electrons. The molecule has 2 unspecified atom stereocenters. The van der Waals surface area contributed by atoms with Gasteiger partial charge in [-0.1, -0.05) is 20.8 Å². The van der Waals surface area contributed by atoms with E-state index in [-0.39, 0.29) is 41.8 Å². The molecule has 160 valence electrons. The van der Waals surface area contributed by atoms with Gasteiger partial charge in [0.15, 0.2) is 6.10 Å². The van der Waals surface area contributed by atoms with Gasteiger partial charge in [0.2, 0.25) is 0 Å². The number of nitrogens with one attached hydrogen (secondary N) is 2. The molecular formula is C22H33N3O4. The van der Waals surface area contributed by atoms with Crippen LogP contribution >= 0.6 is 0 Å². The van der Waals surface area contributed by atoms with Gasteiger partial charge in [-0.3, -0.25) is 4.98 Å². The standard InChI is InChI=1S/C22H33N3O4/c1-13-8-15(10-22(3,4)9-13)24-21(26)25-16-11-27-20-18(12-28-19(16)20)29-17-6-5-7-23-14(17)2/h5-7,13,15-16,18-20H,8-12H2,1-4H3,(H2,24,25,26)/t13?,15?,16-,18-,19+,20+/m0/s1. The summed E-state index contributed by atoms with van der Waals surface area (Å²) in [5.74, 6) is 1.36. The van der Waals surface area contributed by atoms with Crippen molar-refractivity contribution in [2.24, 2.45) is 11.3 Å². The fourth-order valence-corrected chi connectivity index (χ4v) is 5.30. The lowest BCUT2D eigenvalue weighted by Crippen LogP contribution is -2.52. The minimum absolute atomic E-state index is 0.134. The third-order valence-corrected chi connectivity index (χ3v) is 6.28. The van der Waals surface area contributed by atoms with E-state index in [4.69, 9.17) is 14.2 Å². The molecule has 7 heteroatoms. The molecule has 3 fully saturated rings. The summed E-state index contributed by atoms with van der Waals surface area (Å²) in [6, 6.07) is 3.66. The number of carbonyl (C=O) groups excluding carboxylic acids is 1. The third kappa shape index (κ3) is 4.67. The minimum atomic E-state index is -0.197. The Morgan fingerprint density at radius 3 is 2.76 bits per heavy atom. The molecule has 3 aliphatic rings. The van der Waals surface area contributed by atoms with Gasteiger partial charge in [-0.25, -0.2) is 4.79 Å². The Balaban J connectivity index is 1.30. The van der Waals surface area contributed by atoms with Crippen molar-refractivity contribution in [3.63, 3.8) is 0 Å². The van der Waals surface area contributed by atoms with E-state index >= 15 is 0 Å². The number of nitrogens with zero attached hydrogens (tertiary/aromatic N) is 1. The smallest absolute Gasteiger partial charge is 0.315 e. The molecule has 0 aromatic carbocycles. The normalized spacial score (nSPS) is 35.7. The maximum atomic E-state index is 12.6. The topological polar surface area (TPSA) is 81.7 Å². The molecule has 2 amide bonds. The Morgan fingerprint density at radius 2 is 2.00 bits per heavy atom. The van der Waals surface area contributed by atoms with Gasteiger partial charge < -0.3 is 24.8 Å². The lowest BCUT2D eigenvalue weighted by Gasteiger charge is -2.39. The second kappa shape index (κ2) is 8.11. The number of hydrogen-bond donors (Lipinski definition) is 2. The first-order valence-corrected chi connectivity index (χ1v) is 10.7. The molecule has 3 heterocycles. The van der Waals surface area contributed by atoms with Crippen LogP contribution in [-0.2, 0) is 9.47 Å². The number of urea groups is 1. The van der Waals surface area contributed by atoms with Crippen LogP contribution in [0.3, 0.4) is 0 Å². The Labute approximate surface area is 172 Å². The molecule has 2 aliphatic heterocycles. The Bertz CT molecular complexity index is 741. The first kappa shape index (κ1) is 20.4. The van der Waals surface area contributed by atoms with Crippen LogP contribution in [0.25, 0.3) is 0 Å². The largest absolute Gasteiger partial charge is 0.483 e. The fraction of sp³-hybridized carbons (Fsp3) is 0.727. The van der Waals surface area contributed by atoms with Crippen LogP contribution in [-0.4, -0.2) is 54.6 Å². The van der Waals surface area contributed by atoms with Gasteiger partial charge in [-0.05, 0) is 49.7 Å². The van der Waals surface area contributed by atoms with Crippen LogP contribution in [0.2, 0.25) is 0 Å². The van der Waals surface area contributed by atoms with Crippen LogP contribution in [0.4, 0.5) is 4.79 Å². The number of aromatic nitrogens is 1. The summed E-state index contributed by atoms with van der Waals surface area (Å²) in [5, 5.41) is 6.24. The molecule has 1 aromatic heterocycles. The lowest BCUT2D eigenvalue weighted by molar-refractivity contribution is 0.0299.